The quantitative estimate of drug-likeness (QED) is 0.451. The van der Waals surface area contributed by atoms with Gasteiger partial charge >= 0.3 is 5.97 Å². The number of rotatable bonds is 8. The van der Waals surface area contributed by atoms with Crippen LogP contribution >= 0.6 is 0 Å². The van der Waals surface area contributed by atoms with E-state index in [0.717, 1.165) is 0 Å². The van der Waals surface area contributed by atoms with Crippen LogP contribution in [0, 0.1) is 26.6 Å². The summed E-state index contributed by atoms with van der Waals surface area (Å²) in [5, 5.41) is 24.9. The van der Waals surface area contributed by atoms with Gasteiger partial charge in [0, 0.05) is 18.4 Å². The molecule has 174 valence electrons. The normalized spacial score (nSPS) is 12.8. The molecular formula is C22H28FN3O6. The number of benzene rings is 1. The Hall–Kier alpha value is -3.24. The number of aliphatic hydroxyl groups is 2. The van der Waals surface area contributed by atoms with E-state index in [9.17, 15) is 29.0 Å². The number of amides is 2. The van der Waals surface area contributed by atoms with Crippen LogP contribution in [0.3, 0.4) is 0 Å². The Balaban J connectivity index is 2.29. The van der Waals surface area contributed by atoms with E-state index >= 15 is 0 Å². The Morgan fingerprint density at radius 1 is 1.22 bits per heavy atom. The third-order valence-corrected chi connectivity index (χ3v) is 5.21. The minimum atomic E-state index is -1.71. The molecule has 10 heteroatoms. The molecule has 2 aromatic rings. The first-order valence-corrected chi connectivity index (χ1v) is 10.0. The van der Waals surface area contributed by atoms with Gasteiger partial charge in [-0.25, -0.2) is 9.18 Å². The van der Waals surface area contributed by atoms with Crippen molar-refractivity contribution in [1.29, 1.82) is 0 Å². The second kappa shape index (κ2) is 10.4. The second-order valence-corrected chi connectivity index (χ2v) is 7.35. The molecule has 9 nitrogen and oxygen atoms in total. The minimum Gasteiger partial charge on any atom is -0.464 e. The summed E-state index contributed by atoms with van der Waals surface area (Å²) in [7, 11) is 1.59. The zero-order valence-electron chi connectivity index (χ0n) is 18.7. The summed E-state index contributed by atoms with van der Waals surface area (Å²) in [4.78, 5) is 37.3. The summed E-state index contributed by atoms with van der Waals surface area (Å²) in [6.45, 7) is 5.76. The molecule has 0 aliphatic carbocycles. The summed E-state index contributed by atoms with van der Waals surface area (Å²) in [5.41, 5.74) is 2.03. The molecule has 32 heavy (non-hydrogen) atoms. The molecule has 0 aliphatic heterocycles. The van der Waals surface area contributed by atoms with Gasteiger partial charge in [0.15, 0.2) is 12.1 Å². The van der Waals surface area contributed by atoms with Crippen LogP contribution in [-0.2, 0) is 21.4 Å². The van der Waals surface area contributed by atoms with Crippen LogP contribution in [0.15, 0.2) is 18.2 Å². The van der Waals surface area contributed by atoms with Crippen molar-refractivity contribution in [2.45, 2.75) is 39.8 Å². The molecule has 2 amide bonds. The molecule has 0 radical (unpaired) electrons. The number of hydrogen-bond acceptors (Lipinski definition) is 6. The van der Waals surface area contributed by atoms with E-state index in [-0.39, 0.29) is 17.9 Å². The molecule has 1 unspecified atom stereocenters. The number of aliphatic hydroxyl groups excluding tert-OH is 2. The largest absolute Gasteiger partial charge is 0.464 e. The molecule has 0 aliphatic rings. The van der Waals surface area contributed by atoms with Crippen LogP contribution in [0.2, 0.25) is 0 Å². The highest BCUT2D eigenvalue weighted by molar-refractivity contribution is 6.06. The van der Waals surface area contributed by atoms with Gasteiger partial charge in [0.05, 0.1) is 24.5 Å². The van der Waals surface area contributed by atoms with Gasteiger partial charge in [-0.1, -0.05) is 0 Å². The van der Waals surface area contributed by atoms with E-state index < -0.39 is 42.4 Å². The van der Waals surface area contributed by atoms with E-state index in [2.05, 4.69) is 10.6 Å². The Morgan fingerprint density at radius 3 is 2.44 bits per heavy atom. The lowest BCUT2D eigenvalue weighted by Crippen LogP contribution is -2.46. The highest BCUT2D eigenvalue weighted by Gasteiger charge is 2.31. The lowest BCUT2D eigenvalue weighted by Gasteiger charge is -2.18. The average Bonchev–Trinajstić information content (AvgIpc) is 2.96. The molecular weight excluding hydrogens is 421 g/mol. The van der Waals surface area contributed by atoms with Crippen molar-refractivity contribution in [3.8, 4) is 0 Å². The number of aromatic nitrogens is 1. The van der Waals surface area contributed by atoms with Crippen LogP contribution in [0.1, 0.15) is 45.9 Å². The highest BCUT2D eigenvalue weighted by atomic mass is 19.1. The lowest BCUT2D eigenvalue weighted by atomic mass is 10.1. The number of aryl methyl sites for hydroxylation is 1. The lowest BCUT2D eigenvalue weighted by molar-refractivity contribution is -0.149. The molecule has 1 heterocycles. The number of carbonyl (C=O) groups excluding carboxylic acids is 3. The van der Waals surface area contributed by atoms with Gasteiger partial charge in [0.25, 0.3) is 11.8 Å². The molecule has 1 aromatic carbocycles. The van der Waals surface area contributed by atoms with Gasteiger partial charge < -0.3 is 30.2 Å². The zero-order valence-corrected chi connectivity index (χ0v) is 18.7. The summed E-state index contributed by atoms with van der Waals surface area (Å²) >= 11 is 0. The fourth-order valence-electron chi connectivity index (χ4n) is 3.44. The molecule has 2 atom stereocenters. The summed E-state index contributed by atoms with van der Waals surface area (Å²) < 4.78 is 19.8. The van der Waals surface area contributed by atoms with Crippen molar-refractivity contribution in [1.82, 2.24) is 9.88 Å². The van der Waals surface area contributed by atoms with E-state index in [0.29, 0.717) is 22.5 Å². The first-order valence-electron chi connectivity index (χ1n) is 10.0. The van der Waals surface area contributed by atoms with Crippen molar-refractivity contribution in [2.24, 2.45) is 7.05 Å². The molecule has 0 saturated carbocycles. The van der Waals surface area contributed by atoms with Gasteiger partial charge in [-0.15, -0.1) is 0 Å². The monoisotopic (exact) mass is 449 g/mol. The predicted octanol–water partition coefficient (Wildman–Crippen LogP) is 1.42. The Labute approximate surface area is 185 Å². The summed E-state index contributed by atoms with van der Waals surface area (Å²) in [6, 6.07) is 2.84. The fourth-order valence-corrected chi connectivity index (χ4v) is 3.44. The third-order valence-electron chi connectivity index (χ3n) is 5.21. The van der Waals surface area contributed by atoms with Crippen LogP contribution < -0.4 is 10.6 Å². The maximum absolute atomic E-state index is 13.5. The molecule has 4 N–H and O–H groups in total. The predicted molar refractivity (Wildman–Crippen MR) is 115 cm³/mol. The maximum Gasteiger partial charge on any atom is 0.331 e. The van der Waals surface area contributed by atoms with E-state index in [4.69, 9.17) is 4.74 Å². The fraction of sp³-hybridized carbons (Fsp3) is 0.409. The number of carbonyl (C=O) groups is 3. The Bertz CT molecular complexity index is 1030. The summed E-state index contributed by atoms with van der Waals surface area (Å²) in [6.07, 6.45) is -1.71. The van der Waals surface area contributed by atoms with Gasteiger partial charge in [0.1, 0.15) is 5.82 Å². The SMILES string of the molecule is CCOC(=O)[C@H](CO)NC(=O)C(O)c1c(C)c(C(=O)Nc2ccc(F)c(C)c2)c(C)n1C. The molecule has 0 bridgehead atoms. The van der Waals surface area contributed by atoms with Crippen molar-refractivity contribution < 1.29 is 33.7 Å². The molecule has 0 saturated heterocycles. The first kappa shape index (κ1) is 25.0. The molecule has 0 spiro atoms. The van der Waals surface area contributed by atoms with Crippen LogP contribution in [0.25, 0.3) is 0 Å². The van der Waals surface area contributed by atoms with Crippen molar-refractivity contribution in [3.63, 3.8) is 0 Å². The van der Waals surface area contributed by atoms with E-state index in [1.54, 1.807) is 34.7 Å². The highest BCUT2D eigenvalue weighted by Crippen LogP contribution is 2.28. The van der Waals surface area contributed by atoms with Gasteiger partial charge in [-0.3, -0.25) is 9.59 Å². The molecule has 0 fully saturated rings. The topological polar surface area (TPSA) is 130 Å². The van der Waals surface area contributed by atoms with Gasteiger partial charge in [-0.05, 0) is 57.0 Å². The average molecular weight is 449 g/mol. The Kier molecular flexibility index (Phi) is 8.12. The summed E-state index contributed by atoms with van der Waals surface area (Å²) in [5.74, 6) is -2.64. The van der Waals surface area contributed by atoms with Crippen LogP contribution in [0.4, 0.5) is 10.1 Å². The standard InChI is InChI=1S/C22H28FN3O6/c1-6-32-22(31)16(10-27)25-21(30)19(28)18-12(3)17(13(4)26(18)5)20(29)24-14-7-8-15(23)11(2)9-14/h7-9,16,19,27-28H,6,10H2,1-5H3,(H,24,29)(H,25,30)/t16-,19?/m0/s1. The maximum atomic E-state index is 13.5. The number of esters is 1. The number of hydrogen-bond donors (Lipinski definition) is 4. The van der Waals surface area contributed by atoms with E-state index in [1.807, 2.05) is 0 Å². The van der Waals surface area contributed by atoms with Crippen molar-refractivity contribution >= 4 is 23.5 Å². The second-order valence-electron chi connectivity index (χ2n) is 7.35. The number of nitrogens with zero attached hydrogens (tertiary/aromatic N) is 1. The van der Waals surface area contributed by atoms with Crippen LogP contribution in [0.5, 0.6) is 0 Å². The van der Waals surface area contributed by atoms with Gasteiger partial charge in [0.2, 0.25) is 0 Å². The smallest absolute Gasteiger partial charge is 0.331 e. The Morgan fingerprint density at radius 2 is 1.88 bits per heavy atom. The number of ether oxygens (including phenoxy) is 1. The zero-order chi connectivity index (χ0) is 24.2. The number of nitrogens with one attached hydrogen (secondary N) is 2. The van der Waals surface area contributed by atoms with Crippen LogP contribution in [-0.4, -0.2) is 51.8 Å². The molecule has 2 rings (SSSR count). The van der Waals surface area contributed by atoms with Crippen molar-refractivity contribution in [3.05, 3.63) is 52.1 Å². The minimum absolute atomic E-state index is 0.0654. The first-order chi connectivity index (χ1) is 15.0. The third kappa shape index (κ3) is 5.14. The number of halogens is 1. The molecule has 1 aromatic heterocycles. The van der Waals surface area contributed by atoms with E-state index in [1.165, 1.54) is 22.8 Å². The van der Waals surface area contributed by atoms with Crippen molar-refractivity contribution in [2.75, 3.05) is 18.5 Å². The van der Waals surface area contributed by atoms with Gasteiger partial charge in [-0.2, -0.15) is 0 Å². The number of anilines is 1.